The quantitative estimate of drug-likeness (QED) is 0.878. The number of hydrogen-bond donors (Lipinski definition) is 2. The van der Waals surface area contributed by atoms with Crippen molar-refractivity contribution in [3.05, 3.63) is 29.3 Å². The van der Waals surface area contributed by atoms with Crippen LogP contribution in [0, 0.1) is 6.92 Å². The molecule has 1 aromatic carbocycles. The lowest BCUT2D eigenvalue weighted by molar-refractivity contribution is -0.137. The summed E-state index contributed by atoms with van der Waals surface area (Å²) in [7, 11) is 0. The molecule has 0 bridgehead atoms. The lowest BCUT2D eigenvalue weighted by Gasteiger charge is -2.20. The summed E-state index contributed by atoms with van der Waals surface area (Å²) in [6.45, 7) is 9.15. The first-order valence-electron chi connectivity index (χ1n) is 6.72. The van der Waals surface area contributed by atoms with Crippen molar-refractivity contribution in [3.8, 4) is 5.75 Å². The molecule has 1 heterocycles. The minimum absolute atomic E-state index is 0.0602. The molecule has 1 aliphatic heterocycles. The van der Waals surface area contributed by atoms with Crippen molar-refractivity contribution >= 4 is 0 Å². The first kappa shape index (κ1) is 14.3. The van der Waals surface area contributed by atoms with Gasteiger partial charge in [-0.2, -0.15) is 0 Å². The molecule has 106 valence electrons. The van der Waals surface area contributed by atoms with Gasteiger partial charge in [-0.3, -0.25) is 0 Å². The largest absolute Gasteiger partial charge is 0.508 e. The number of phenolic OH excluding ortho intramolecular Hbond substituents is 1. The summed E-state index contributed by atoms with van der Waals surface area (Å²) in [6, 6.07) is 5.82. The minimum Gasteiger partial charge on any atom is -0.508 e. The standard InChI is InChI=1S/C15H23NO3/c1-10-5-6-13(14(17)7-10)11(2)16-8-12-9-18-15(3,4)19-12/h5-7,11-12,16-17H,8-9H2,1-4H3. The van der Waals surface area contributed by atoms with Crippen molar-refractivity contribution < 1.29 is 14.6 Å². The summed E-state index contributed by atoms with van der Waals surface area (Å²) in [5.74, 6) is -0.148. The fourth-order valence-corrected chi connectivity index (χ4v) is 2.30. The van der Waals surface area contributed by atoms with E-state index in [4.69, 9.17) is 9.47 Å². The van der Waals surface area contributed by atoms with Crippen molar-refractivity contribution in [2.45, 2.75) is 45.6 Å². The Labute approximate surface area is 114 Å². The summed E-state index contributed by atoms with van der Waals surface area (Å²) in [5.41, 5.74) is 1.96. The molecule has 1 aromatic rings. The third-order valence-electron chi connectivity index (χ3n) is 3.37. The van der Waals surface area contributed by atoms with Gasteiger partial charge < -0.3 is 19.9 Å². The third kappa shape index (κ3) is 3.69. The van der Waals surface area contributed by atoms with E-state index in [2.05, 4.69) is 5.32 Å². The molecule has 1 saturated heterocycles. The average molecular weight is 265 g/mol. The second kappa shape index (κ2) is 5.49. The maximum atomic E-state index is 9.94. The lowest BCUT2D eigenvalue weighted by Crippen LogP contribution is -2.32. The number of benzene rings is 1. The summed E-state index contributed by atoms with van der Waals surface area (Å²) >= 11 is 0. The van der Waals surface area contributed by atoms with Crippen LogP contribution in [0.5, 0.6) is 5.75 Å². The molecule has 2 atom stereocenters. The second-order valence-electron chi connectivity index (χ2n) is 5.64. The maximum absolute atomic E-state index is 9.94. The minimum atomic E-state index is -0.485. The predicted octanol–water partition coefficient (Wildman–Crippen LogP) is 2.50. The summed E-state index contributed by atoms with van der Waals surface area (Å²) in [4.78, 5) is 0. The highest BCUT2D eigenvalue weighted by molar-refractivity contribution is 5.37. The second-order valence-corrected chi connectivity index (χ2v) is 5.64. The van der Waals surface area contributed by atoms with Crippen molar-refractivity contribution in [2.75, 3.05) is 13.2 Å². The smallest absolute Gasteiger partial charge is 0.163 e. The molecule has 1 fully saturated rings. The van der Waals surface area contributed by atoms with E-state index in [1.54, 1.807) is 6.07 Å². The molecule has 19 heavy (non-hydrogen) atoms. The molecule has 0 aliphatic carbocycles. The van der Waals surface area contributed by atoms with Crippen LogP contribution in [-0.4, -0.2) is 30.1 Å². The number of ether oxygens (including phenoxy) is 2. The Hall–Kier alpha value is -1.10. The van der Waals surface area contributed by atoms with Gasteiger partial charge in [0.15, 0.2) is 5.79 Å². The van der Waals surface area contributed by atoms with Crippen LogP contribution in [0.15, 0.2) is 18.2 Å². The first-order valence-corrected chi connectivity index (χ1v) is 6.72. The van der Waals surface area contributed by atoms with Crippen LogP contribution in [-0.2, 0) is 9.47 Å². The summed E-state index contributed by atoms with van der Waals surface area (Å²) < 4.78 is 11.3. The van der Waals surface area contributed by atoms with Gasteiger partial charge in [-0.15, -0.1) is 0 Å². The molecule has 0 saturated carbocycles. The van der Waals surface area contributed by atoms with Crippen LogP contribution < -0.4 is 5.32 Å². The van der Waals surface area contributed by atoms with Crippen LogP contribution in [0.2, 0.25) is 0 Å². The van der Waals surface area contributed by atoms with Crippen LogP contribution in [0.4, 0.5) is 0 Å². The molecular formula is C15H23NO3. The maximum Gasteiger partial charge on any atom is 0.163 e. The van der Waals surface area contributed by atoms with Gasteiger partial charge in [0.2, 0.25) is 0 Å². The van der Waals surface area contributed by atoms with Gasteiger partial charge in [-0.25, -0.2) is 0 Å². The average Bonchev–Trinajstić information content (AvgIpc) is 2.66. The Morgan fingerprint density at radius 2 is 2.21 bits per heavy atom. The number of nitrogens with one attached hydrogen (secondary N) is 1. The highest BCUT2D eigenvalue weighted by Gasteiger charge is 2.32. The van der Waals surface area contributed by atoms with Crippen molar-refractivity contribution in [1.82, 2.24) is 5.32 Å². The molecule has 1 aliphatic rings. The van der Waals surface area contributed by atoms with E-state index < -0.39 is 5.79 Å². The SMILES string of the molecule is Cc1ccc(C(C)NCC2COC(C)(C)O2)c(O)c1. The number of hydrogen-bond acceptors (Lipinski definition) is 4. The van der Waals surface area contributed by atoms with Gasteiger partial charge in [-0.05, 0) is 39.3 Å². The molecule has 0 aromatic heterocycles. The Bertz CT molecular complexity index is 445. The highest BCUT2D eigenvalue weighted by atomic mass is 16.7. The first-order chi connectivity index (χ1) is 8.87. The van der Waals surface area contributed by atoms with E-state index in [1.807, 2.05) is 39.8 Å². The molecule has 4 heteroatoms. The number of rotatable bonds is 4. The molecule has 4 nitrogen and oxygen atoms in total. The monoisotopic (exact) mass is 265 g/mol. The van der Waals surface area contributed by atoms with Gasteiger partial charge in [0, 0.05) is 18.2 Å². The number of aryl methyl sites for hydroxylation is 1. The zero-order chi connectivity index (χ0) is 14.0. The Morgan fingerprint density at radius 3 is 2.79 bits per heavy atom. The molecule has 2 rings (SSSR count). The van der Waals surface area contributed by atoms with Gasteiger partial charge in [0.05, 0.1) is 12.7 Å². The van der Waals surface area contributed by atoms with E-state index in [1.165, 1.54) is 0 Å². The van der Waals surface area contributed by atoms with Crippen LogP contribution in [0.25, 0.3) is 0 Å². The normalized spacial score (nSPS) is 23.5. The molecule has 2 unspecified atom stereocenters. The fraction of sp³-hybridized carbons (Fsp3) is 0.600. The Balaban J connectivity index is 1.89. The van der Waals surface area contributed by atoms with Crippen LogP contribution in [0.1, 0.15) is 37.9 Å². The molecule has 2 N–H and O–H groups in total. The summed E-state index contributed by atoms with van der Waals surface area (Å²) in [6.07, 6.45) is 0.0602. The highest BCUT2D eigenvalue weighted by Crippen LogP contribution is 2.26. The van der Waals surface area contributed by atoms with E-state index in [9.17, 15) is 5.11 Å². The molecular weight excluding hydrogens is 242 g/mol. The fourth-order valence-electron chi connectivity index (χ4n) is 2.30. The van der Waals surface area contributed by atoms with Gasteiger partial charge in [0.1, 0.15) is 5.75 Å². The zero-order valence-electron chi connectivity index (χ0n) is 12.1. The topological polar surface area (TPSA) is 50.7 Å². The Morgan fingerprint density at radius 1 is 1.47 bits per heavy atom. The van der Waals surface area contributed by atoms with Gasteiger partial charge in [0.25, 0.3) is 0 Å². The van der Waals surface area contributed by atoms with Crippen molar-refractivity contribution in [3.63, 3.8) is 0 Å². The molecule has 0 spiro atoms. The number of phenols is 1. The summed E-state index contributed by atoms with van der Waals surface area (Å²) in [5, 5.41) is 13.3. The van der Waals surface area contributed by atoms with E-state index in [0.717, 1.165) is 11.1 Å². The van der Waals surface area contributed by atoms with Gasteiger partial charge in [-0.1, -0.05) is 12.1 Å². The molecule has 0 amide bonds. The lowest BCUT2D eigenvalue weighted by atomic mass is 10.0. The van der Waals surface area contributed by atoms with Crippen LogP contribution in [0.3, 0.4) is 0 Å². The third-order valence-corrected chi connectivity index (χ3v) is 3.37. The van der Waals surface area contributed by atoms with E-state index in [-0.39, 0.29) is 12.1 Å². The van der Waals surface area contributed by atoms with Crippen LogP contribution >= 0.6 is 0 Å². The van der Waals surface area contributed by atoms with E-state index >= 15 is 0 Å². The number of aromatic hydroxyl groups is 1. The molecule has 0 radical (unpaired) electrons. The van der Waals surface area contributed by atoms with Crippen molar-refractivity contribution in [2.24, 2.45) is 0 Å². The predicted molar refractivity (Wildman–Crippen MR) is 74.2 cm³/mol. The zero-order valence-corrected chi connectivity index (χ0v) is 12.1. The Kier molecular flexibility index (Phi) is 4.13. The van der Waals surface area contributed by atoms with Gasteiger partial charge >= 0.3 is 0 Å². The van der Waals surface area contributed by atoms with E-state index in [0.29, 0.717) is 18.9 Å². The van der Waals surface area contributed by atoms with Crippen molar-refractivity contribution in [1.29, 1.82) is 0 Å².